The van der Waals surface area contributed by atoms with Crippen LogP contribution in [0.4, 0.5) is 17.3 Å². The summed E-state index contributed by atoms with van der Waals surface area (Å²) in [5.74, 6) is 0.965. The van der Waals surface area contributed by atoms with E-state index in [1.165, 1.54) is 6.20 Å². The fourth-order valence-electron chi connectivity index (χ4n) is 2.68. The van der Waals surface area contributed by atoms with Crippen molar-refractivity contribution in [2.75, 3.05) is 10.6 Å². The van der Waals surface area contributed by atoms with Gasteiger partial charge < -0.3 is 10.6 Å². The summed E-state index contributed by atoms with van der Waals surface area (Å²) in [6, 6.07) is 13.3. The van der Waals surface area contributed by atoms with Crippen molar-refractivity contribution in [1.82, 2.24) is 24.4 Å². The van der Waals surface area contributed by atoms with Crippen molar-refractivity contribution in [3.8, 4) is 0 Å². The Morgan fingerprint density at radius 2 is 1.96 bits per heavy atom. The maximum atomic E-state index is 12.7. The second-order valence-corrected chi connectivity index (χ2v) is 5.88. The molecule has 2 N–H and O–H groups in total. The third-order valence-electron chi connectivity index (χ3n) is 3.90. The Kier molecular flexibility index (Phi) is 3.85. The van der Waals surface area contributed by atoms with Crippen molar-refractivity contribution in [3.63, 3.8) is 0 Å². The number of aromatic nitrogens is 5. The Bertz CT molecular complexity index is 1080. The lowest BCUT2D eigenvalue weighted by Gasteiger charge is -2.06. The Morgan fingerprint density at radius 1 is 1.15 bits per heavy atom. The number of aryl methyl sites for hydroxylation is 2. The zero-order valence-electron chi connectivity index (χ0n) is 14.3. The zero-order chi connectivity index (χ0) is 18.1. The number of carbonyl (C=O) groups is 1. The number of nitrogens with zero attached hydrogens (tertiary/aromatic N) is 5. The predicted octanol–water partition coefficient (Wildman–Crippen LogP) is 2.77. The number of rotatable bonds is 4. The summed E-state index contributed by atoms with van der Waals surface area (Å²) in [4.78, 5) is 17.2. The molecule has 0 aliphatic heterocycles. The topological polar surface area (TPSA) is 89.1 Å². The molecule has 0 saturated heterocycles. The van der Waals surface area contributed by atoms with Gasteiger partial charge in [-0.15, -0.1) is 0 Å². The first-order valence-electron chi connectivity index (χ1n) is 8.08. The summed E-state index contributed by atoms with van der Waals surface area (Å²) in [6.45, 7) is 1.87. The van der Waals surface area contributed by atoms with Crippen LogP contribution < -0.4 is 10.6 Å². The molecule has 0 unspecified atom stereocenters. The molecule has 1 amide bonds. The molecule has 3 aromatic heterocycles. The molecule has 26 heavy (non-hydrogen) atoms. The molecule has 0 saturated carbocycles. The number of nitrogens with one attached hydrogen (secondary N) is 2. The lowest BCUT2D eigenvalue weighted by Crippen LogP contribution is -2.14. The molecule has 0 aliphatic carbocycles. The van der Waals surface area contributed by atoms with Crippen molar-refractivity contribution < 1.29 is 4.79 Å². The van der Waals surface area contributed by atoms with Crippen LogP contribution in [0.3, 0.4) is 0 Å². The van der Waals surface area contributed by atoms with E-state index in [1.54, 1.807) is 34.6 Å². The van der Waals surface area contributed by atoms with Crippen LogP contribution in [0, 0.1) is 6.92 Å². The highest BCUT2D eigenvalue weighted by atomic mass is 16.1. The van der Waals surface area contributed by atoms with E-state index in [0.29, 0.717) is 22.8 Å². The van der Waals surface area contributed by atoms with Crippen molar-refractivity contribution in [1.29, 1.82) is 0 Å². The normalized spacial score (nSPS) is 10.8. The van der Waals surface area contributed by atoms with Gasteiger partial charge in [-0.25, -0.2) is 9.50 Å². The molecule has 1 aromatic carbocycles. The molecule has 3 heterocycles. The van der Waals surface area contributed by atoms with Gasteiger partial charge in [0.25, 0.3) is 5.91 Å². The summed E-state index contributed by atoms with van der Waals surface area (Å²) in [5.41, 5.74) is 2.61. The van der Waals surface area contributed by atoms with Gasteiger partial charge in [0.15, 0.2) is 5.65 Å². The van der Waals surface area contributed by atoms with E-state index in [9.17, 15) is 4.79 Å². The standard InChI is InChI=1S/C18H17N7O/c1-12-10-16(24(2)23-12)22-18(26)14-11-19-25-9-8-15(21-17(14)25)20-13-6-4-3-5-7-13/h3-11H,1-2H3,(H,20,21)(H,22,26). The number of carbonyl (C=O) groups excluding carboxylic acids is 1. The molecule has 0 aliphatic rings. The molecule has 0 fully saturated rings. The van der Waals surface area contributed by atoms with Gasteiger partial charge in [-0.1, -0.05) is 18.2 Å². The number of benzene rings is 1. The predicted molar refractivity (Wildman–Crippen MR) is 98.6 cm³/mol. The van der Waals surface area contributed by atoms with Gasteiger partial charge in [-0.2, -0.15) is 10.2 Å². The molecule has 0 spiro atoms. The van der Waals surface area contributed by atoms with Crippen LogP contribution in [-0.2, 0) is 7.05 Å². The quantitative estimate of drug-likeness (QED) is 0.592. The average molecular weight is 347 g/mol. The Morgan fingerprint density at radius 3 is 2.69 bits per heavy atom. The monoisotopic (exact) mass is 347 g/mol. The molecular formula is C18H17N7O. The van der Waals surface area contributed by atoms with E-state index in [-0.39, 0.29) is 5.91 Å². The maximum Gasteiger partial charge on any atom is 0.262 e. The third-order valence-corrected chi connectivity index (χ3v) is 3.90. The smallest absolute Gasteiger partial charge is 0.262 e. The van der Waals surface area contributed by atoms with Crippen molar-refractivity contribution in [3.05, 3.63) is 66.1 Å². The van der Waals surface area contributed by atoms with E-state index in [4.69, 9.17) is 0 Å². The molecule has 0 bridgehead atoms. The van der Waals surface area contributed by atoms with Gasteiger partial charge in [-0.05, 0) is 25.1 Å². The first-order chi connectivity index (χ1) is 12.6. The van der Waals surface area contributed by atoms with Gasteiger partial charge in [0, 0.05) is 25.0 Å². The van der Waals surface area contributed by atoms with Crippen LogP contribution in [0.2, 0.25) is 0 Å². The van der Waals surface area contributed by atoms with Crippen molar-refractivity contribution >= 4 is 28.9 Å². The van der Waals surface area contributed by atoms with E-state index in [1.807, 2.05) is 37.3 Å². The van der Waals surface area contributed by atoms with Crippen molar-refractivity contribution in [2.24, 2.45) is 7.05 Å². The van der Waals surface area contributed by atoms with E-state index >= 15 is 0 Å². The van der Waals surface area contributed by atoms with Gasteiger partial charge in [-0.3, -0.25) is 9.48 Å². The average Bonchev–Trinajstić information content (AvgIpc) is 3.18. The highest BCUT2D eigenvalue weighted by Gasteiger charge is 2.16. The number of anilines is 3. The van der Waals surface area contributed by atoms with E-state index in [2.05, 4.69) is 25.8 Å². The molecule has 8 heteroatoms. The highest BCUT2D eigenvalue weighted by Crippen LogP contribution is 2.18. The van der Waals surface area contributed by atoms with Crippen LogP contribution >= 0.6 is 0 Å². The molecule has 130 valence electrons. The second-order valence-electron chi connectivity index (χ2n) is 5.88. The van der Waals surface area contributed by atoms with Crippen LogP contribution in [0.5, 0.6) is 0 Å². The van der Waals surface area contributed by atoms with Crippen LogP contribution in [0.25, 0.3) is 5.65 Å². The minimum atomic E-state index is -0.285. The second kappa shape index (κ2) is 6.32. The van der Waals surface area contributed by atoms with E-state index < -0.39 is 0 Å². The van der Waals surface area contributed by atoms with Gasteiger partial charge >= 0.3 is 0 Å². The van der Waals surface area contributed by atoms with Gasteiger partial charge in [0.2, 0.25) is 0 Å². The van der Waals surface area contributed by atoms with Gasteiger partial charge in [0.1, 0.15) is 17.2 Å². The first kappa shape index (κ1) is 15.8. The van der Waals surface area contributed by atoms with Crippen LogP contribution in [0.1, 0.15) is 16.1 Å². The Balaban J connectivity index is 1.64. The lowest BCUT2D eigenvalue weighted by molar-refractivity contribution is 0.102. The maximum absolute atomic E-state index is 12.7. The highest BCUT2D eigenvalue weighted by molar-refractivity contribution is 6.07. The van der Waals surface area contributed by atoms with Crippen LogP contribution in [0.15, 0.2) is 54.9 Å². The summed E-state index contributed by atoms with van der Waals surface area (Å²) >= 11 is 0. The number of amides is 1. The Hall–Kier alpha value is -3.68. The SMILES string of the molecule is Cc1cc(NC(=O)c2cnn3ccc(Nc4ccccc4)nc23)n(C)n1. The minimum absolute atomic E-state index is 0.285. The summed E-state index contributed by atoms with van der Waals surface area (Å²) in [5, 5.41) is 14.5. The molecule has 8 nitrogen and oxygen atoms in total. The molecule has 4 aromatic rings. The lowest BCUT2D eigenvalue weighted by atomic mass is 10.3. The van der Waals surface area contributed by atoms with Gasteiger partial charge in [0.05, 0.1) is 11.9 Å². The number of para-hydroxylation sites is 1. The summed E-state index contributed by atoms with van der Waals surface area (Å²) in [7, 11) is 1.78. The van der Waals surface area contributed by atoms with Crippen LogP contribution in [-0.4, -0.2) is 30.3 Å². The molecule has 4 rings (SSSR count). The fourth-order valence-corrected chi connectivity index (χ4v) is 2.68. The molecular weight excluding hydrogens is 330 g/mol. The molecule has 0 atom stereocenters. The zero-order valence-corrected chi connectivity index (χ0v) is 14.3. The summed E-state index contributed by atoms with van der Waals surface area (Å²) in [6.07, 6.45) is 3.27. The minimum Gasteiger partial charge on any atom is -0.340 e. The fraction of sp³-hybridized carbons (Fsp3) is 0.111. The first-order valence-corrected chi connectivity index (χ1v) is 8.08. The third kappa shape index (κ3) is 3.00. The number of hydrogen-bond acceptors (Lipinski definition) is 5. The summed E-state index contributed by atoms with van der Waals surface area (Å²) < 4.78 is 3.19. The number of fused-ring (bicyclic) bond motifs is 1. The largest absolute Gasteiger partial charge is 0.340 e. The Labute approximate surface area is 149 Å². The van der Waals surface area contributed by atoms with E-state index in [0.717, 1.165) is 11.4 Å². The molecule has 0 radical (unpaired) electrons. The van der Waals surface area contributed by atoms with Crippen molar-refractivity contribution in [2.45, 2.75) is 6.92 Å². The number of hydrogen-bond donors (Lipinski definition) is 2.